The van der Waals surface area contributed by atoms with E-state index in [-0.39, 0.29) is 12.4 Å². The Kier molecular flexibility index (Phi) is 5.69. The number of hydrogen-bond acceptors (Lipinski definition) is 1. The van der Waals surface area contributed by atoms with Gasteiger partial charge in [0.05, 0.1) is 6.33 Å². The van der Waals surface area contributed by atoms with Gasteiger partial charge in [-0.25, -0.2) is 4.98 Å². The number of halogens is 2. The Morgan fingerprint density at radius 1 is 1.28 bits per heavy atom. The summed E-state index contributed by atoms with van der Waals surface area (Å²) in [6.07, 6.45) is 11.5. The van der Waals surface area contributed by atoms with Crippen molar-refractivity contribution in [2.45, 2.75) is 6.92 Å². The van der Waals surface area contributed by atoms with Crippen LogP contribution in [0, 0.1) is 0 Å². The fraction of sp³-hybridized carbons (Fsp3) is 0.0714. The van der Waals surface area contributed by atoms with E-state index in [1.54, 1.807) is 12.5 Å². The van der Waals surface area contributed by atoms with Gasteiger partial charge in [0.25, 0.3) is 0 Å². The van der Waals surface area contributed by atoms with Gasteiger partial charge in [-0.3, -0.25) is 0 Å². The van der Waals surface area contributed by atoms with E-state index in [0.29, 0.717) is 0 Å². The molecule has 0 radical (unpaired) electrons. The molecule has 0 aliphatic carbocycles. The standard InChI is InChI=1S/C14H13ClN2.ClH/c1-2-3-13(10-17-9-8-16-11-17)12-4-6-14(15)7-5-12;/h2-11H,1H3;1H/b3-2+,13-10+;. The zero-order valence-corrected chi connectivity index (χ0v) is 11.5. The van der Waals surface area contributed by atoms with Gasteiger partial charge < -0.3 is 4.57 Å². The molecule has 1 aromatic carbocycles. The van der Waals surface area contributed by atoms with Gasteiger partial charge in [0, 0.05) is 23.6 Å². The van der Waals surface area contributed by atoms with Gasteiger partial charge in [0.2, 0.25) is 0 Å². The van der Waals surface area contributed by atoms with Crippen LogP contribution < -0.4 is 0 Å². The Morgan fingerprint density at radius 3 is 2.56 bits per heavy atom. The number of nitrogens with zero attached hydrogens (tertiary/aromatic N) is 2. The fourth-order valence-electron chi connectivity index (χ4n) is 1.54. The fourth-order valence-corrected chi connectivity index (χ4v) is 1.67. The molecule has 0 spiro atoms. The Hall–Kier alpha value is -1.51. The van der Waals surface area contributed by atoms with Crippen molar-refractivity contribution in [3.63, 3.8) is 0 Å². The van der Waals surface area contributed by atoms with Gasteiger partial charge >= 0.3 is 0 Å². The summed E-state index contributed by atoms with van der Waals surface area (Å²) in [6, 6.07) is 7.79. The molecule has 0 saturated heterocycles. The molecule has 0 aliphatic heterocycles. The molecule has 1 aromatic heterocycles. The predicted octanol–water partition coefficient (Wildman–Crippen LogP) is 4.53. The number of aromatic nitrogens is 2. The Balaban J connectivity index is 0.00000162. The first kappa shape index (κ1) is 14.6. The van der Waals surface area contributed by atoms with E-state index in [1.807, 2.05) is 54.2 Å². The maximum atomic E-state index is 5.88. The van der Waals surface area contributed by atoms with Crippen molar-refractivity contribution in [2.24, 2.45) is 0 Å². The highest BCUT2D eigenvalue weighted by Gasteiger charge is 1.98. The van der Waals surface area contributed by atoms with E-state index in [0.717, 1.165) is 16.2 Å². The molecule has 0 amide bonds. The second-order valence-corrected chi connectivity index (χ2v) is 4.04. The van der Waals surface area contributed by atoms with Crippen molar-refractivity contribution in [1.82, 2.24) is 9.55 Å². The monoisotopic (exact) mass is 280 g/mol. The molecule has 0 N–H and O–H groups in total. The Morgan fingerprint density at radius 2 is 2.00 bits per heavy atom. The highest BCUT2D eigenvalue weighted by atomic mass is 35.5. The van der Waals surface area contributed by atoms with Crippen LogP contribution in [0.2, 0.25) is 5.02 Å². The zero-order chi connectivity index (χ0) is 12.1. The molecular weight excluding hydrogens is 267 g/mol. The summed E-state index contributed by atoms with van der Waals surface area (Å²) in [5.41, 5.74) is 2.24. The number of hydrogen-bond donors (Lipinski definition) is 0. The lowest BCUT2D eigenvalue weighted by Crippen LogP contribution is -1.86. The maximum absolute atomic E-state index is 5.88. The highest BCUT2D eigenvalue weighted by molar-refractivity contribution is 6.30. The van der Waals surface area contributed by atoms with E-state index >= 15 is 0 Å². The first-order valence-electron chi connectivity index (χ1n) is 5.37. The minimum absolute atomic E-state index is 0. The second-order valence-electron chi connectivity index (χ2n) is 3.60. The maximum Gasteiger partial charge on any atom is 0.0986 e. The third-order valence-corrected chi connectivity index (χ3v) is 2.59. The van der Waals surface area contributed by atoms with Crippen LogP contribution in [0.3, 0.4) is 0 Å². The predicted molar refractivity (Wildman–Crippen MR) is 79.9 cm³/mol. The summed E-state index contributed by atoms with van der Waals surface area (Å²) < 4.78 is 1.92. The van der Waals surface area contributed by atoms with Gasteiger partial charge in [-0.05, 0) is 30.2 Å². The van der Waals surface area contributed by atoms with Crippen LogP contribution in [-0.2, 0) is 0 Å². The van der Waals surface area contributed by atoms with Crippen molar-refractivity contribution in [3.05, 3.63) is 65.7 Å². The van der Waals surface area contributed by atoms with Crippen LogP contribution >= 0.6 is 24.0 Å². The van der Waals surface area contributed by atoms with Crippen molar-refractivity contribution in [2.75, 3.05) is 0 Å². The summed E-state index contributed by atoms with van der Waals surface area (Å²) in [5.74, 6) is 0. The van der Waals surface area contributed by atoms with Crippen molar-refractivity contribution in [1.29, 1.82) is 0 Å². The first-order valence-corrected chi connectivity index (χ1v) is 5.75. The third-order valence-electron chi connectivity index (χ3n) is 2.34. The SMILES string of the molecule is C/C=C/C(=C\n1ccnc1)c1ccc(Cl)cc1.Cl. The van der Waals surface area contributed by atoms with E-state index < -0.39 is 0 Å². The van der Waals surface area contributed by atoms with E-state index in [1.165, 1.54) is 0 Å². The molecule has 2 nitrogen and oxygen atoms in total. The van der Waals surface area contributed by atoms with Crippen LogP contribution in [0.5, 0.6) is 0 Å². The normalized spacial score (nSPS) is 11.6. The molecular formula is C14H14Cl2N2. The summed E-state index contributed by atoms with van der Waals surface area (Å²) in [4.78, 5) is 4.02. The molecule has 0 aliphatic rings. The van der Waals surface area contributed by atoms with Gasteiger partial charge in [0.1, 0.15) is 0 Å². The molecule has 0 fully saturated rings. The largest absolute Gasteiger partial charge is 0.313 e. The first-order chi connectivity index (χ1) is 8.29. The molecule has 1 heterocycles. The van der Waals surface area contributed by atoms with Gasteiger partial charge in [0.15, 0.2) is 0 Å². The topological polar surface area (TPSA) is 17.8 Å². The highest BCUT2D eigenvalue weighted by Crippen LogP contribution is 2.19. The van der Waals surface area contributed by atoms with E-state index in [4.69, 9.17) is 11.6 Å². The molecule has 0 atom stereocenters. The lowest BCUT2D eigenvalue weighted by atomic mass is 10.1. The van der Waals surface area contributed by atoms with E-state index in [2.05, 4.69) is 11.1 Å². The average Bonchev–Trinajstić information content (AvgIpc) is 2.82. The van der Waals surface area contributed by atoms with Crippen LogP contribution in [-0.4, -0.2) is 9.55 Å². The average molecular weight is 281 g/mol. The van der Waals surface area contributed by atoms with Crippen molar-refractivity contribution in [3.8, 4) is 0 Å². The number of allylic oxidation sites excluding steroid dienone is 3. The molecule has 2 rings (SSSR count). The Labute approximate surface area is 118 Å². The summed E-state index contributed by atoms with van der Waals surface area (Å²) in [6.45, 7) is 2.00. The molecule has 0 unspecified atom stereocenters. The van der Waals surface area contributed by atoms with Gasteiger partial charge in [-0.2, -0.15) is 0 Å². The summed E-state index contributed by atoms with van der Waals surface area (Å²) in [5, 5.41) is 0.746. The molecule has 18 heavy (non-hydrogen) atoms. The second kappa shape index (κ2) is 7.04. The molecule has 4 heteroatoms. The van der Waals surface area contributed by atoms with E-state index in [9.17, 15) is 0 Å². The van der Waals surface area contributed by atoms with Crippen molar-refractivity contribution >= 4 is 35.8 Å². The number of benzene rings is 1. The molecule has 94 valence electrons. The molecule has 2 aromatic rings. The number of imidazole rings is 1. The van der Waals surface area contributed by atoms with Gasteiger partial charge in [-0.1, -0.05) is 35.9 Å². The molecule has 0 saturated carbocycles. The lowest BCUT2D eigenvalue weighted by molar-refractivity contribution is 1.14. The minimum atomic E-state index is 0. The molecule has 0 bridgehead atoms. The van der Waals surface area contributed by atoms with Crippen LogP contribution in [0.1, 0.15) is 12.5 Å². The summed E-state index contributed by atoms with van der Waals surface area (Å²) >= 11 is 5.88. The Bertz CT molecular complexity index is 525. The number of rotatable bonds is 3. The van der Waals surface area contributed by atoms with Gasteiger partial charge in [-0.15, -0.1) is 12.4 Å². The van der Waals surface area contributed by atoms with Crippen LogP contribution in [0.15, 0.2) is 55.1 Å². The lowest BCUT2D eigenvalue weighted by Gasteiger charge is -2.03. The van der Waals surface area contributed by atoms with Crippen molar-refractivity contribution < 1.29 is 0 Å². The summed E-state index contributed by atoms with van der Waals surface area (Å²) in [7, 11) is 0. The zero-order valence-electron chi connectivity index (χ0n) is 9.95. The smallest absolute Gasteiger partial charge is 0.0986 e. The van der Waals surface area contributed by atoms with Crippen LogP contribution in [0.25, 0.3) is 11.8 Å². The minimum Gasteiger partial charge on any atom is -0.313 e. The quantitative estimate of drug-likeness (QED) is 0.756. The third kappa shape index (κ3) is 3.76. The van der Waals surface area contributed by atoms with Crippen LogP contribution in [0.4, 0.5) is 0 Å².